The molecule has 1 saturated heterocycles. The number of nitrogens with one attached hydrogen (secondary N) is 1. The second-order valence-electron chi connectivity index (χ2n) is 6.04. The number of rotatable bonds is 7. The Kier molecular flexibility index (Phi) is 6.05. The molecule has 1 aliphatic heterocycles. The van der Waals surface area contributed by atoms with Gasteiger partial charge in [-0.2, -0.15) is 5.10 Å². The van der Waals surface area contributed by atoms with Crippen LogP contribution in [0.4, 0.5) is 0 Å². The molecular formula is C15H27ClN4O. The quantitative estimate of drug-likeness (QED) is 0.837. The molecule has 21 heavy (non-hydrogen) atoms. The first-order valence-corrected chi connectivity index (χ1v) is 8.13. The molecule has 0 saturated carbocycles. The maximum atomic E-state index is 6.42. The van der Waals surface area contributed by atoms with Crippen molar-refractivity contribution < 1.29 is 4.74 Å². The number of nitrogens with zero attached hydrogens (tertiary/aromatic N) is 3. The van der Waals surface area contributed by atoms with Crippen molar-refractivity contribution in [2.24, 2.45) is 5.92 Å². The first-order valence-electron chi connectivity index (χ1n) is 7.75. The summed E-state index contributed by atoms with van der Waals surface area (Å²) in [4.78, 5) is 2.15. The molecule has 0 aromatic carbocycles. The van der Waals surface area contributed by atoms with Crippen LogP contribution in [0.15, 0.2) is 6.20 Å². The van der Waals surface area contributed by atoms with Crippen LogP contribution in [0.25, 0.3) is 0 Å². The van der Waals surface area contributed by atoms with Gasteiger partial charge >= 0.3 is 0 Å². The highest BCUT2D eigenvalue weighted by molar-refractivity contribution is 6.31. The number of likely N-dealkylation sites (N-methyl/N-ethyl adjacent to an activating group) is 2. The van der Waals surface area contributed by atoms with Crippen molar-refractivity contribution in [3.8, 4) is 0 Å². The van der Waals surface area contributed by atoms with E-state index in [1.807, 2.05) is 4.68 Å². The van der Waals surface area contributed by atoms with E-state index in [2.05, 4.69) is 43.3 Å². The van der Waals surface area contributed by atoms with Crippen LogP contribution >= 0.6 is 11.6 Å². The Hall–Kier alpha value is -0.620. The Bertz CT molecular complexity index is 449. The van der Waals surface area contributed by atoms with E-state index in [4.69, 9.17) is 16.3 Å². The molecule has 1 aliphatic rings. The number of ether oxygens (including phenoxy) is 1. The normalized spacial score (nSPS) is 23.9. The molecule has 0 bridgehead atoms. The summed E-state index contributed by atoms with van der Waals surface area (Å²) < 4.78 is 7.98. The number of hydrogen-bond donors (Lipinski definition) is 1. The lowest BCUT2D eigenvalue weighted by atomic mass is 9.95. The zero-order valence-corrected chi connectivity index (χ0v) is 14.2. The van der Waals surface area contributed by atoms with Crippen molar-refractivity contribution in [2.75, 3.05) is 33.8 Å². The molecule has 0 radical (unpaired) electrons. The van der Waals surface area contributed by atoms with Gasteiger partial charge < -0.3 is 15.0 Å². The van der Waals surface area contributed by atoms with Crippen molar-refractivity contribution in [3.63, 3.8) is 0 Å². The third-order valence-electron chi connectivity index (χ3n) is 4.08. The smallest absolute Gasteiger partial charge is 0.0835 e. The molecule has 0 amide bonds. The van der Waals surface area contributed by atoms with Crippen molar-refractivity contribution in [2.45, 2.75) is 39.0 Å². The van der Waals surface area contributed by atoms with Gasteiger partial charge in [0.1, 0.15) is 0 Å². The Morgan fingerprint density at radius 1 is 1.57 bits per heavy atom. The first-order chi connectivity index (χ1) is 10.0. The Morgan fingerprint density at radius 2 is 2.33 bits per heavy atom. The van der Waals surface area contributed by atoms with Gasteiger partial charge in [0, 0.05) is 13.2 Å². The van der Waals surface area contributed by atoms with E-state index in [9.17, 15) is 0 Å². The summed E-state index contributed by atoms with van der Waals surface area (Å²) in [7, 11) is 4.13. The third-order valence-corrected chi connectivity index (χ3v) is 4.37. The van der Waals surface area contributed by atoms with Crippen molar-refractivity contribution in [1.29, 1.82) is 0 Å². The average molecular weight is 315 g/mol. The maximum absolute atomic E-state index is 6.42. The van der Waals surface area contributed by atoms with Crippen LogP contribution < -0.4 is 5.32 Å². The van der Waals surface area contributed by atoms with E-state index < -0.39 is 0 Å². The summed E-state index contributed by atoms with van der Waals surface area (Å²) in [5.41, 5.74) is 1.05. The van der Waals surface area contributed by atoms with Crippen LogP contribution in [0.5, 0.6) is 0 Å². The summed E-state index contributed by atoms with van der Waals surface area (Å²) in [6.07, 6.45) is 3.02. The second kappa shape index (κ2) is 7.58. The summed E-state index contributed by atoms with van der Waals surface area (Å²) in [6, 6.07) is 0.102. The highest BCUT2D eigenvalue weighted by atomic mass is 35.5. The van der Waals surface area contributed by atoms with E-state index in [-0.39, 0.29) is 12.1 Å². The fraction of sp³-hybridized carbons (Fsp3) is 0.800. The van der Waals surface area contributed by atoms with Gasteiger partial charge in [-0.1, -0.05) is 25.4 Å². The SMILES string of the molecule is CCNC(c1c(Cl)cnn1CCN(C)C)C1OCCC1C. The lowest BCUT2D eigenvalue weighted by Gasteiger charge is -2.28. The van der Waals surface area contributed by atoms with Gasteiger partial charge in [-0.15, -0.1) is 0 Å². The van der Waals surface area contributed by atoms with Crippen LogP contribution in [-0.2, 0) is 11.3 Å². The molecule has 3 atom stereocenters. The van der Waals surface area contributed by atoms with E-state index in [0.717, 1.165) is 43.4 Å². The van der Waals surface area contributed by atoms with E-state index in [1.54, 1.807) is 6.20 Å². The Labute approximate surface area is 132 Å². The maximum Gasteiger partial charge on any atom is 0.0835 e. The molecule has 6 heteroatoms. The standard InChI is InChI=1S/C15H27ClN4O/c1-5-17-13(15-11(2)6-9-21-15)14-12(16)10-18-20(14)8-7-19(3)4/h10-11,13,15,17H,5-9H2,1-4H3. The van der Waals surface area contributed by atoms with Gasteiger partial charge in [-0.25, -0.2) is 0 Å². The van der Waals surface area contributed by atoms with E-state index in [1.165, 1.54) is 0 Å². The lowest BCUT2D eigenvalue weighted by molar-refractivity contribution is 0.0583. The van der Waals surface area contributed by atoms with Gasteiger partial charge in [-0.05, 0) is 33.0 Å². The Morgan fingerprint density at radius 3 is 2.90 bits per heavy atom. The molecular weight excluding hydrogens is 288 g/mol. The summed E-state index contributed by atoms with van der Waals surface area (Å²) >= 11 is 6.42. The van der Waals surface area contributed by atoms with Gasteiger partial charge in [-0.3, -0.25) is 4.68 Å². The molecule has 2 heterocycles. The van der Waals surface area contributed by atoms with Crippen LogP contribution in [0, 0.1) is 5.92 Å². The zero-order chi connectivity index (χ0) is 15.4. The highest BCUT2D eigenvalue weighted by Gasteiger charge is 2.35. The topological polar surface area (TPSA) is 42.3 Å². The minimum atomic E-state index is 0.102. The van der Waals surface area contributed by atoms with Crippen LogP contribution in [0.3, 0.4) is 0 Å². The van der Waals surface area contributed by atoms with E-state index >= 15 is 0 Å². The molecule has 120 valence electrons. The fourth-order valence-corrected chi connectivity index (χ4v) is 3.14. The molecule has 2 rings (SSSR count). The molecule has 1 N–H and O–H groups in total. The van der Waals surface area contributed by atoms with Gasteiger partial charge in [0.2, 0.25) is 0 Å². The summed E-state index contributed by atoms with van der Waals surface area (Å²) in [6.45, 7) is 7.84. The predicted molar refractivity (Wildman–Crippen MR) is 85.7 cm³/mol. The molecule has 3 unspecified atom stereocenters. The van der Waals surface area contributed by atoms with Crippen LogP contribution in [0.2, 0.25) is 5.02 Å². The molecule has 1 aromatic heterocycles. The molecule has 0 spiro atoms. The molecule has 1 aromatic rings. The minimum Gasteiger partial charge on any atom is -0.376 e. The Balaban J connectivity index is 2.24. The fourth-order valence-electron chi connectivity index (χ4n) is 2.89. The van der Waals surface area contributed by atoms with Crippen molar-refractivity contribution in [3.05, 3.63) is 16.9 Å². The average Bonchev–Trinajstić information content (AvgIpc) is 3.00. The number of aromatic nitrogens is 2. The largest absolute Gasteiger partial charge is 0.376 e. The lowest BCUT2D eigenvalue weighted by Crippen LogP contribution is -2.37. The summed E-state index contributed by atoms with van der Waals surface area (Å²) in [5, 5.41) is 8.72. The number of hydrogen-bond acceptors (Lipinski definition) is 4. The predicted octanol–water partition coefficient (Wildman–Crippen LogP) is 2.17. The van der Waals surface area contributed by atoms with Gasteiger partial charge in [0.25, 0.3) is 0 Å². The van der Waals surface area contributed by atoms with Gasteiger partial charge in [0.05, 0.1) is 35.6 Å². The second-order valence-corrected chi connectivity index (χ2v) is 6.45. The highest BCUT2D eigenvalue weighted by Crippen LogP contribution is 2.34. The zero-order valence-electron chi connectivity index (χ0n) is 13.5. The number of halogens is 1. The van der Waals surface area contributed by atoms with Crippen LogP contribution in [0.1, 0.15) is 32.0 Å². The minimum absolute atomic E-state index is 0.102. The molecule has 5 nitrogen and oxygen atoms in total. The summed E-state index contributed by atoms with van der Waals surface area (Å²) in [5.74, 6) is 0.530. The first kappa shape index (κ1) is 16.7. The molecule has 0 aliphatic carbocycles. The third kappa shape index (κ3) is 3.97. The van der Waals surface area contributed by atoms with E-state index in [0.29, 0.717) is 5.92 Å². The van der Waals surface area contributed by atoms with Crippen molar-refractivity contribution in [1.82, 2.24) is 20.0 Å². The monoisotopic (exact) mass is 314 g/mol. The molecule has 1 fully saturated rings. The van der Waals surface area contributed by atoms with Crippen molar-refractivity contribution >= 4 is 11.6 Å². The van der Waals surface area contributed by atoms with Gasteiger partial charge in [0.15, 0.2) is 0 Å². The van der Waals surface area contributed by atoms with Crippen LogP contribution in [-0.4, -0.2) is 54.6 Å².